The molecule has 5 aromatic rings. The molecule has 48 heavy (non-hydrogen) atoms. The van der Waals surface area contributed by atoms with E-state index in [0.717, 1.165) is 50.7 Å². The van der Waals surface area contributed by atoms with Gasteiger partial charge in [0.2, 0.25) is 11.8 Å². The largest absolute Gasteiger partial charge is 0.481 e. The summed E-state index contributed by atoms with van der Waals surface area (Å²) in [6.07, 6.45) is 4.94. The van der Waals surface area contributed by atoms with E-state index in [9.17, 15) is 9.59 Å². The molecule has 10 nitrogen and oxygen atoms in total. The highest BCUT2D eigenvalue weighted by atomic mass is 35.5. The van der Waals surface area contributed by atoms with Gasteiger partial charge in [-0.1, -0.05) is 65.7 Å². The molecule has 1 saturated heterocycles. The Morgan fingerprint density at radius 2 is 1.62 bits per heavy atom. The smallest absolute Gasteiger partial charge is 0.319 e. The van der Waals surface area contributed by atoms with Gasteiger partial charge >= 0.3 is 5.97 Å². The van der Waals surface area contributed by atoms with Crippen LogP contribution in [0.25, 0.3) is 44.5 Å². The number of fused-ring (bicyclic) bond motifs is 1. The molecule has 246 valence electrons. The number of benzene rings is 2. The maximum absolute atomic E-state index is 11.5. The first kappa shape index (κ1) is 33.3. The van der Waals surface area contributed by atoms with Gasteiger partial charge in [0.1, 0.15) is 0 Å². The van der Waals surface area contributed by atoms with Gasteiger partial charge in [-0.05, 0) is 30.2 Å². The molecule has 1 aliphatic rings. The minimum Gasteiger partial charge on any atom is -0.481 e. The van der Waals surface area contributed by atoms with Crippen LogP contribution in [0.1, 0.15) is 24.0 Å². The molecular weight excluding hydrogens is 651 g/mol. The fraction of sp³-hybridized carbons (Fsp3) is 0.250. The number of rotatable bonds is 12. The lowest BCUT2D eigenvalue weighted by Gasteiger charge is -2.15. The number of aromatic nitrogens is 3. The zero-order chi connectivity index (χ0) is 33.6. The normalized spacial score (nSPS) is 14.2. The summed E-state index contributed by atoms with van der Waals surface area (Å²) >= 11 is 14.1. The number of ether oxygens (including phenoxy) is 2. The summed E-state index contributed by atoms with van der Waals surface area (Å²) in [7, 11) is 2.95. The molecule has 4 heterocycles. The van der Waals surface area contributed by atoms with Crippen molar-refractivity contribution in [2.45, 2.75) is 32.0 Å². The Kier molecular flexibility index (Phi) is 10.5. The Balaban J connectivity index is 1.23. The Hall–Kier alpha value is -4.61. The lowest BCUT2D eigenvalue weighted by atomic mass is 9.98. The molecular formula is C36H34Cl2N6O4. The lowest BCUT2D eigenvalue weighted by Crippen LogP contribution is -2.35. The standard InChI is InChI=1S/C36H34Cl2N6O4/c1-47-33(46)20-39-15-21-13-23-18-42-31(14-30(23)41-16-21)28-8-4-6-26(35(28)38)25-5-3-7-27(34(25)37)29-11-9-22(36(44-29)48-2)17-40-19-24-10-12-32(45)43-24/h3-9,11,13-14,16,18,24,39-40H,10,12,15,17,19-20H2,1-2H3,(H,43,45)/t24-/m1/s1. The third-order valence-electron chi connectivity index (χ3n) is 8.21. The molecule has 2 aromatic carbocycles. The van der Waals surface area contributed by atoms with Crippen molar-refractivity contribution in [3.05, 3.63) is 94.2 Å². The number of esters is 1. The summed E-state index contributed by atoms with van der Waals surface area (Å²) in [6, 6.07) is 19.5. The molecule has 3 N–H and O–H groups in total. The van der Waals surface area contributed by atoms with Gasteiger partial charge in [0.25, 0.3) is 0 Å². The molecule has 6 rings (SSSR count). The maximum Gasteiger partial charge on any atom is 0.319 e. The molecule has 0 saturated carbocycles. The second-order valence-electron chi connectivity index (χ2n) is 11.4. The SMILES string of the molecule is COC(=O)CNCc1cnc2cc(-c3cccc(-c4cccc(-c5ccc(CNC[C@H]6CCC(=O)N6)c(OC)n5)c4Cl)c3Cl)ncc2c1. The topological polar surface area (TPSA) is 127 Å². The van der Waals surface area contributed by atoms with Crippen LogP contribution in [0.3, 0.4) is 0 Å². The molecule has 1 fully saturated rings. The van der Waals surface area contributed by atoms with E-state index in [-0.39, 0.29) is 24.5 Å². The van der Waals surface area contributed by atoms with Crippen molar-refractivity contribution in [1.82, 2.24) is 30.9 Å². The Morgan fingerprint density at radius 3 is 2.31 bits per heavy atom. The van der Waals surface area contributed by atoms with E-state index < -0.39 is 0 Å². The van der Waals surface area contributed by atoms with Crippen molar-refractivity contribution in [2.24, 2.45) is 0 Å². The number of nitrogens with one attached hydrogen (secondary N) is 3. The Labute approximate surface area is 288 Å². The van der Waals surface area contributed by atoms with E-state index in [0.29, 0.717) is 53.4 Å². The van der Waals surface area contributed by atoms with Crippen molar-refractivity contribution in [3.63, 3.8) is 0 Å². The minimum absolute atomic E-state index is 0.0962. The number of halogens is 2. The van der Waals surface area contributed by atoms with Crippen LogP contribution in [0.15, 0.2) is 73.1 Å². The van der Waals surface area contributed by atoms with Crippen molar-refractivity contribution in [2.75, 3.05) is 27.3 Å². The zero-order valence-electron chi connectivity index (χ0n) is 26.5. The van der Waals surface area contributed by atoms with Gasteiger partial charge in [-0.15, -0.1) is 0 Å². The first-order chi connectivity index (χ1) is 23.3. The maximum atomic E-state index is 11.5. The van der Waals surface area contributed by atoms with Gasteiger partial charge in [-0.25, -0.2) is 4.98 Å². The van der Waals surface area contributed by atoms with E-state index in [4.69, 9.17) is 37.9 Å². The van der Waals surface area contributed by atoms with Gasteiger partial charge in [-0.2, -0.15) is 0 Å². The fourth-order valence-electron chi connectivity index (χ4n) is 5.71. The lowest BCUT2D eigenvalue weighted by molar-refractivity contribution is -0.139. The Bertz CT molecular complexity index is 1990. The average molecular weight is 686 g/mol. The first-order valence-electron chi connectivity index (χ1n) is 15.5. The molecule has 0 bridgehead atoms. The summed E-state index contributed by atoms with van der Waals surface area (Å²) in [5, 5.41) is 11.3. The fourth-order valence-corrected chi connectivity index (χ4v) is 6.36. The van der Waals surface area contributed by atoms with E-state index in [2.05, 4.69) is 25.7 Å². The summed E-state index contributed by atoms with van der Waals surface area (Å²) in [4.78, 5) is 37.0. The van der Waals surface area contributed by atoms with Gasteiger partial charge in [0.15, 0.2) is 0 Å². The summed E-state index contributed by atoms with van der Waals surface area (Å²) in [5.74, 6) is 0.266. The molecule has 3 aromatic heterocycles. The second kappa shape index (κ2) is 15.1. The number of hydrogen-bond acceptors (Lipinski definition) is 9. The summed E-state index contributed by atoms with van der Waals surface area (Å²) < 4.78 is 10.3. The highest BCUT2D eigenvalue weighted by molar-refractivity contribution is 6.39. The molecule has 1 aliphatic heterocycles. The summed E-state index contributed by atoms with van der Waals surface area (Å²) in [6.45, 7) is 1.81. The van der Waals surface area contributed by atoms with Crippen LogP contribution in [0.5, 0.6) is 5.88 Å². The molecule has 0 radical (unpaired) electrons. The van der Waals surface area contributed by atoms with E-state index in [1.54, 1.807) is 19.5 Å². The van der Waals surface area contributed by atoms with Gasteiger partial charge in [-0.3, -0.25) is 19.6 Å². The average Bonchev–Trinajstić information content (AvgIpc) is 3.53. The molecule has 1 atom stereocenters. The number of pyridine rings is 3. The van der Waals surface area contributed by atoms with Crippen LogP contribution in [0.2, 0.25) is 10.0 Å². The third kappa shape index (κ3) is 7.42. The van der Waals surface area contributed by atoms with Crippen LogP contribution in [-0.2, 0) is 27.4 Å². The van der Waals surface area contributed by atoms with Crippen LogP contribution in [0, 0.1) is 0 Å². The number of amides is 1. The van der Waals surface area contributed by atoms with Crippen molar-refractivity contribution >= 4 is 46.0 Å². The van der Waals surface area contributed by atoms with Crippen molar-refractivity contribution in [1.29, 1.82) is 0 Å². The third-order valence-corrected chi connectivity index (χ3v) is 9.03. The monoisotopic (exact) mass is 684 g/mol. The van der Waals surface area contributed by atoms with Gasteiger partial charge in [0.05, 0.1) is 47.7 Å². The second-order valence-corrected chi connectivity index (χ2v) is 12.2. The molecule has 0 unspecified atom stereocenters. The number of carbonyl (C=O) groups excluding carboxylic acids is 2. The molecule has 12 heteroatoms. The number of hydrogen-bond donors (Lipinski definition) is 3. The number of methoxy groups -OCH3 is 2. The minimum atomic E-state index is -0.328. The predicted molar refractivity (Wildman–Crippen MR) is 187 cm³/mol. The van der Waals surface area contributed by atoms with Crippen LogP contribution in [-0.4, -0.2) is 60.2 Å². The highest BCUT2D eigenvalue weighted by Crippen LogP contribution is 2.42. The zero-order valence-corrected chi connectivity index (χ0v) is 28.0. The quantitative estimate of drug-likeness (QED) is 0.136. The van der Waals surface area contributed by atoms with Gasteiger partial charge in [0, 0.05) is 77.7 Å². The van der Waals surface area contributed by atoms with Crippen LogP contribution >= 0.6 is 23.2 Å². The first-order valence-corrected chi connectivity index (χ1v) is 16.2. The number of carbonyl (C=O) groups is 2. The van der Waals surface area contributed by atoms with Gasteiger partial charge < -0.3 is 25.4 Å². The van der Waals surface area contributed by atoms with Crippen molar-refractivity contribution < 1.29 is 19.1 Å². The molecule has 0 spiro atoms. The molecule has 0 aliphatic carbocycles. The van der Waals surface area contributed by atoms with Crippen molar-refractivity contribution in [3.8, 4) is 39.5 Å². The van der Waals surface area contributed by atoms with E-state index >= 15 is 0 Å². The Morgan fingerprint density at radius 1 is 0.896 bits per heavy atom. The van der Waals surface area contributed by atoms with E-state index in [1.807, 2.05) is 60.7 Å². The highest BCUT2D eigenvalue weighted by Gasteiger charge is 2.21. The van der Waals surface area contributed by atoms with Crippen LogP contribution in [0.4, 0.5) is 0 Å². The van der Waals surface area contributed by atoms with E-state index in [1.165, 1.54) is 7.11 Å². The van der Waals surface area contributed by atoms with Crippen LogP contribution < -0.4 is 20.7 Å². The molecule has 1 amide bonds. The summed E-state index contributed by atoms with van der Waals surface area (Å²) in [5.41, 5.74) is 6.94. The number of nitrogens with zero attached hydrogens (tertiary/aromatic N) is 3. The predicted octanol–water partition coefficient (Wildman–Crippen LogP) is 5.97.